The molecule has 1 N–H and O–H groups in total. The number of carbonyl (C=O) groups is 1. The summed E-state index contributed by atoms with van der Waals surface area (Å²) in [5.41, 5.74) is 0.840. The number of anilines is 1. The number of hydrogen-bond acceptors (Lipinski definition) is 3. The van der Waals surface area contributed by atoms with Crippen molar-refractivity contribution in [1.82, 2.24) is 4.90 Å². The van der Waals surface area contributed by atoms with Crippen LogP contribution < -0.4 is 10.1 Å². The number of ether oxygens (including phenoxy) is 1. The minimum absolute atomic E-state index is 0.214. The number of nitrogens with one attached hydrogen (secondary N) is 1. The smallest absolute Gasteiger partial charge is 0.257 e. The molecule has 24 heavy (non-hydrogen) atoms. The third-order valence-electron chi connectivity index (χ3n) is 3.18. The second-order valence-corrected chi connectivity index (χ2v) is 6.54. The van der Waals surface area contributed by atoms with Crippen LogP contribution in [0.4, 0.5) is 5.69 Å². The molecule has 0 aliphatic rings. The zero-order chi connectivity index (χ0) is 17.7. The Balaban J connectivity index is 2.06. The van der Waals surface area contributed by atoms with Crippen LogP contribution in [-0.2, 0) is 0 Å². The predicted octanol–water partition coefficient (Wildman–Crippen LogP) is 4.84. The summed E-state index contributed by atoms with van der Waals surface area (Å²) >= 11 is 18.2. The van der Waals surface area contributed by atoms with E-state index in [0.29, 0.717) is 33.7 Å². The van der Waals surface area contributed by atoms with Crippen LogP contribution in [0.3, 0.4) is 0 Å². The summed E-state index contributed by atoms with van der Waals surface area (Å²) in [6, 6.07) is 9.95. The van der Waals surface area contributed by atoms with Crippen LogP contribution in [0.5, 0.6) is 5.75 Å². The molecule has 0 fully saturated rings. The average Bonchev–Trinajstić information content (AvgIpc) is 2.51. The van der Waals surface area contributed by atoms with Crippen molar-refractivity contribution in [2.45, 2.75) is 0 Å². The number of carbonyl (C=O) groups excluding carboxylic acids is 1. The lowest BCUT2D eigenvalue weighted by molar-refractivity contribution is 0.102. The molecule has 2 aromatic carbocycles. The number of nitrogens with zero attached hydrogens (tertiary/aromatic N) is 1. The molecule has 2 rings (SSSR count). The van der Waals surface area contributed by atoms with Crippen molar-refractivity contribution >= 4 is 46.4 Å². The molecule has 0 heterocycles. The van der Waals surface area contributed by atoms with Gasteiger partial charge in [0.05, 0.1) is 20.6 Å². The fourth-order valence-electron chi connectivity index (χ4n) is 1.91. The first kappa shape index (κ1) is 18.9. The second kappa shape index (κ2) is 8.58. The maximum atomic E-state index is 12.3. The molecule has 0 saturated heterocycles. The summed E-state index contributed by atoms with van der Waals surface area (Å²) in [6.45, 7) is 1.30. The standard InChI is InChI=1S/C17H17Cl3N2O2/c1-22(2)8-9-24-15-7-6-11(10-14(15)19)21-17(23)12-4-3-5-13(18)16(12)20/h3-7,10H,8-9H2,1-2H3,(H,21,23). The van der Waals surface area contributed by atoms with E-state index in [0.717, 1.165) is 6.54 Å². The van der Waals surface area contributed by atoms with Gasteiger partial charge >= 0.3 is 0 Å². The normalized spacial score (nSPS) is 10.8. The van der Waals surface area contributed by atoms with E-state index < -0.39 is 0 Å². The number of hydrogen-bond donors (Lipinski definition) is 1. The van der Waals surface area contributed by atoms with Gasteiger partial charge < -0.3 is 15.0 Å². The topological polar surface area (TPSA) is 41.6 Å². The summed E-state index contributed by atoms with van der Waals surface area (Å²) < 4.78 is 5.60. The monoisotopic (exact) mass is 386 g/mol. The molecule has 0 saturated carbocycles. The Morgan fingerprint density at radius 1 is 1.12 bits per heavy atom. The van der Waals surface area contributed by atoms with E-state index in [1.54, 1.807) is 36.4 Å². The molecule has 0 aliphatic carbocycles. The van der Waals surface area contributed by atoms with Gasteiger partial charge in [-0.2, -0.15) is 0 Å². The third-order valence-corrected chi connectivity index (χ3v) is 4.30. The SMILES string of the molecule is CN(C)CCOc1ccc(NC(=O)c2cccc(Cl)c2Cl)cc1Cl. The first-order valence-electron chi connectivity index (χ1n) is 7.21. The van der Waals surface area contributed by atoms with Crippen molar-refractivity contribution in [2.24, 2.45) is 0 Å². The van der Waals surface area contributed by atoms with E-state index in [1.807, 2.05) is 19.0 Å². The highest BCUT2D eigenvalue weighted by atomic mass is 35.5. The Morgan fingerprint density at radius 2 is 1.88 bits per heavy atom. The van der Waals surface area contributed by atoms with Gasteiger partial charge in [0.25, 0.3) is 5.91 Å². The van der Waals surface area contributed by atoms with Crippen LogP contribution in [0.15, 0.2) is 36.4 Å². The van der Waals surface area contributed by atoms with E-state index in [4.69, 9.17) is 39.5 Å². The van der Waals surface area contributed by atoms with Gasteiger partial charge in [-0.25, -0.2) is 0 Å². The fraction of sp³-hybridized carbons (Fsp3) is 0.235. The molecular formula is C17H17Cl3N2O2. The molecule has 4 nitrogen and oxygen atoms in total. The number of likely N-dealkylation sites (N-methyl/N-ethyl adjacent to an activating group) is 1. The van der Waals surface area contributed by atoms with Crippen molar-refractivity contribution in [1.29, 1.82) is 0 Å². The molecule has 0 unspecified atom stereocenters. The molecule has 0 aromatic heterocycles. The van der Waals surface area contributed by atoms with E-state index in [1.165, 1.54) is 0 Å². The second-order valence-electron chi connectivity index (χ2n) is 5.35. The van der Waals surface area contributed by atoms with Crippen molar-refractivity contribution in [3.05, 3.63) is 57.0 Å². The Morgan fingerprint density at radius 3 is 2.54 bits per heavy atom. The van der Waals surface area contributed by atoms with Crippen LogP contribution in [0.25, 0.3) is 0 Å². The third kappa shape index (κ3) is 5.02. The Labute approximate surface area is 156 Å². The molecule has 0 spiro atoms. The molecule has 0 aliphatic heterocycles. The van der Waals surface area contributed by atoms with E-state index >= 15 is 0 Å². The number of benzene rings is 2. The number of halogens is 3. The molecule has 2 aromatic rings. The van der Waals surface area contributed by atoms with Crippen LogP contribution in [-0.4, -0.2) is 38.1 Å². The maximum absolute atomic E-state index is 12.3. The van der Waals surface area contributed by atoms with Gasteiger partial charge in [0.15, 0.2) is 0 Å². The minimum Gasteiger partial charge on any atom is -0.491 e. The van der Waals surface area contributed by atoms with Gasteiger partial charge in [0.1, 0.15) is 12.4 Å². The number of amides is 1. The molecule has 7 heteroatoms. The summed E-state index contributed by atoms with van der Waals surface area (Å²) in [6.07, 6.45) is 0. The summed E-state index contributed by atoms with van der Waals surface area (Å²) in [7, 11) is 3.93. The lowest BCUT2D eigenvalue weighted by Crippen LogP contribution is -2.19. The fourth-order valence-corrected chi connectivity index (χ4v) is 2.53. The molecule has 0 radical (unpaired) electrons. The van der Waals surface area contributed by atoms with E-state index in [9.17, 15) is 4.79 Å². The molecule has 1 amide bonds. The Bertz CT molecular complexity index is 736. The van der Waals surface area contributed by atoms with Gasteiger partial charge in [-0.05, 0) is 44.4 Å². The average molecular weight is 388 g/mol. The van der Waals surface area contributed by atoms with Gasteiger partial charge in [-0.15, -0.1) is 0 Å². The Hall–Kier alpha value is -1.46. The van der Waals surface area contributed by atoms with Gasteiger partial charge in [0.2, 0.25) is 0 Å². The van der Waals surface area contributed by atoms with E-state index in [2.05, 4.69) is 5.32 Å². The van der Waals surface area contributed by atoms with Crippen molar-refractivity contribution in [3.8, 4) is 5.75 Å². The van der Waals surface area contributed by atoms with Crippen molar-refractivity contribution < 1.29 is 9.53 Å². The van der Waals surface area contributed by atoms with Crippen LogP contribution in [0.1, 0.15) is 10.4 Å². The zero-order valence-electron chi connectivity index (χ0n) is 13.3. The van der Waals surface area contributed by atoms with Crippen molar-refractivity contribution in [2.75, 3.05) is 32.6 Å². The number of rotatable bonds is 6. The van der Waals surface area contributed by atoms with Crippen LogP contribution in [0, 0.1) is 0 Å². The highest BCUT2D eigenvalue weighted by molar-refractivity contribution is 6.44. The van der Waals surface area contributed by atoms with Gasteiger partial charge in [-0.1, -0.05) is 40.9 Å². The highest BCUT2D eigenvalue weighted by Gasteiger charge is 2.13. The van der Waals surface area contributed by atoms with Gasteiger partial charge in [-0.3, -0.25) is 4.79 Å². The minimum atomic E-state index is -0.361. The largest absolute Gasteiger partial charge is 0.491 e. The predicted molar refractivity (Wildman–Crippen MR) is 99.9 cm³/mol. The molecule has 0 bridgehead atoms. The molecule has 0 atom stereocenters. The van der Waals surface area contributed by atoms with Crippen LogP contribution in [0.2, 0.25) is 15.1 Å². The first-order valence-corrected chi connectivity index (χ1v) is 8.34. The van der Waals surface area contributed by atoms with Crippen LogP contribution >= 0.6 is 34.8 Å². The Kier molecular flexibility index (Phi) is 6.75. The quantitative estimate of drug-likeness (QED) is 0.771. The van der Waals surface area contributed by atoms with Gasteiger partial charge in [0, 0.05) is 12.2 Å². The van der Waals surface area contributed by atoms with E-state index in [-0.39, 0.29) is 10.9 Å². The summed E-state index contributed by atoms with van der Waals surface area (Å²) in [5.74, 6) is 0.206. The zero-order valence-corrected chi connectivity index (χ0v) is 15.5. The molecule has 128 valence electrons. The summed E-state index contributed by atoms with van der Waals surface area (Å²) in [5, 5.41) is 3.70. The lowest BCUT2D eigenvalue weighted by atomic mass is 10.2. The lowest BCUT2D eigenvalue weighted by Gasteiger charge is -2.13. The first-order chi connectivity index (χ1) is 11.4. The maximum Gasteiger partial charge on any atom is 0.257 e. The summed E-state index contributed by atoms with van der Waals surface area (Å²) in [4.78, 5) is 14.3. The molecular weight excluding hydrogens is 371 g/mol. The highest BCUT2D eigenvalue weighted by Crippen LogP contribution is 2.29. The van der Waals surface area contributed by atoms with Crippen molar-refractivity contribution in [3.63, 3.8) is 0 Å².